The predicted octanol–water partition coefficient (Wildman–Crippen LogP) is 1.15. The van der Waals surface area contributed by atoms with Crippen LogP contribution in [-0.2, 0) is 16.1 Å². The molecule has 0 saturated heterocycles. The average Bonchev–Trinajstić information content (AvgIpc) is 2.93. The first-order valence-corrected chi connectivity index (χ1v) is 6.87. The summed E-state index contributed by atoms with van der Waals surface area (Å²) in [5.74, 6) is -0.225. The Kier molecular flexibility index (Phi) is 6.79. The van der Waals surface area contributed by atoms with E-state index in [2.05, 4.69) is 15.0 Å². The molecule has 0 spiro atoms. The maximum absolute atomic E-state index is 11.8. The van der Waals surface area contributed by atoms with Crippen molar-refractivity contribution in [1.29, 1.82) is 0 Å². The number of aromatic nitrogens is 1. The number of aromatic amines is 1. The van der Waals surface area contributed by atoms with E-state index in [0.29, 0.717) is 25.2 Å². The molecule has 20 heavy (non-hydrogen) atoms. The van der Waals surface area contributed by atoms with Gasteiger partial charge in [-0.25, -0.2) is 4.79 Å². The van der Waals surface area contributed by atoms with Crippen molar-refractivity contribution in [2.75, 3.05) is 26.7 Å². The minimum atomic E-state index is -0.382. The van der Waals surface area contributed by atoms with Gasteiger partial charge in [0.25, 0.3) is 0 Å². The molecule has 0 aromatic carbocycles. The van der Waals surface area contributed by atoms with Gasteiger partial charge in [-0.2, -0.15) is 0 Å². The van der Waals surface area contributed by atoms with Gasteiger partial charge in [0.15, 0.2) is 0 Å². The molecule has 112 valence electrons. The summed E-state index contributed by atoms with van der Waals surface area (Å²) in [6.07, 6.45) is 0.478. The fourth-order valence-electron chi connectivity index (χ4n) is 1.93. The van der Waals surface area contributed by atoms with Gasteiger partial charge in [-0.1, -0.05) is 0 Å². The van der Waals surface area contributed by atoms with Crippen molar-refractivity contribution in [1.82, 2.24) is 15.2 Å². The molecule has 0 unspecified atom stereocenters. The monoisotopic (exact) mass is 281 g/mol. The number of carbonyl (C=O) groups is 2. The Morgan fingerprint density at radius 2 is 2.00 bits per heavy atom. The fourth-order valence-corrected chi connectivity index (χ4v) is 1.93. The Bertz CT molecular complexity index is 439. The molecule has 0 aliphatic heterocycles. The molecule has 1 aromatic rings. The zero-order chi connectivity index (χ0) is 15.0. The smallest absolute Gasteiger partial charge is 0.354 e. The molecule has 0 atom stereocenters. The third-order valence-corrected chi connectivity index (χ3v) is 3.10. The molecule has 0 aliphatic carbocycles. The number of nitrogens with one attached hydrogen (secondary N) is 2. The molecule has 1 rings (SSSR count). The Hall–Kier alpha value is -1.82. The Labute approximate surface area is 119 Å². The van der Waals surface area contributed by atoms with Crippen LogP contribution in [0.4, 0.5) is 0 Å². The minimum Gasteiger partial charge on any atom is -0.464 e. The molecule has 1 heterocycles. The SMILES string of the molecule is CCN(CC)C(=O)CCNCc1ccc(C(=O)OC)[nH]1. The first-order valence-electron chi connectivity index (χ1n) is 6.87. The van der Waals surface area contributed by atoms with Crippen LogP contribution in [0, 0.1) is 0 Å². The zero-order valence-electron chi connectivity index (χ0n) is 12.4. The highest BCUT2D eigenvalue weighted by molar-refractivity contribution is 5.87. The summed E-state index contributed by atoms with van der Waals surface area (Å²) in [7, 11) is 1.35. The van der Waals surface area contributed by atoms with Gasteiger partial charge >= 0.3 is 5.97 Å². The lowest BCUT2D eigenvalue weighted by molar-refractivity contribution is -0.130. The van der Waals surface area contributed by atoms with Crippen molar-refractivity contribution in [3.63, 3.8) is 0 Å². The summed E-state index contributed by atoms with van der Waals surface area (Å²) in [5, 5.41) is 3.18. The van der Waals surface area contributed by atoms with Crippen molar-refractivity contribution in [2.45, 2.75) is 26.8 Å². The van der Waals surface area contributed by atoms with Gasteiger partial charge in [0.2, 0.25) is 5.91 Å². The number of amides is 1. The number of ether oxygens (including phenoxy) is 1. The van der Waals surface area contributed by atoms with E-state index in [1.165, 1.54) is 7.11 Å². The predicted molar refractivity (Wildman–Crippen MR) is 76.4 cm³/mol. The number of esters is 1. The summed E-state index contributed by atoms with van der Waals surface area (Å²) in [6, 6.07) is 3.51. The number of methoxy groups -OCH3 is 1. The van der Waals surface area contributed by atoms with E-state index in [1.54, 1.807) is 6.07 Å². The van der Waals surface area contributed by atoms with Crippen molar-refractivity contribution < 1.29 is 14.3 Å². The van der Waals surface area contributed by atoms with Crippen LogP contribution in [0.25, 0.3) is 0 Å². The molecule has 2 N–H and O–H groups in total. The van der Waals surface area contributed by atoms with Crippen LogP contribution in [0.1, 0.15) is 36.5 Å². The van der Waals surface area contributed by atoms with Crippen LogP contribution in [0.15, 0.2) is 12.1 Å². The second-order valence-corrected chi connectivity index (χ2v) is 4.38. The number of H-pyrrole nitrogens is 1. The van der Waals surface area contributed by atoms with Crippen molar-refractivity contribution in [3.8, 4) is 0 Å². The van der Waals surface area contributed by atoms with Gasteiger partial charge in [0.1, 0.15) is 5.69 Å². The third-order valence-electron chi connectivity index (χ3n) is 3.10. The first kappa shape index (κ1) is 16.2. The normalized spacial score (nSPS) is 10.3. The molecule has 0 radical (unpaired) electrons. The van der Waals surface area contributed by atoms with E-state index in [1.807, 2.05) is 24.8 Å². The van der Waals surface area contributed by atoms with Crippen LogP contribution in [0.5, 0.6) is 0 Å². The average molecular weight is 281 g/mol. The van der Waals surface area contributed by atoms with Crippen LogP contribution < -0.4 is 5.32 Å². The van der Waals surface area contributed by atoms with Gasteiger partial charge in [-0.3, -0.25) is 4.79 Å². The highest BCUT2D eigenvalue weighted by Crippen LogP contribution is 2.03. The Morgan fingerprint density at radius 1 is 1.30 bits per heavy atom. The summed E-state index contributed by atoms with van der Waals surface area (Å²) < 4.78 is 4.62. The van der Waals surface area contributed by atoms with Crippen LogP contribution in [0.2, 0.25) is 0 Å². The maximum Gasteiger partial charge on any atom is 0.354 e. The van der Waals surface area contributed by atoms with Gasteiger partial charge < -0.3 is 19.9 Å². The molecule has 0 fully saturated rings. The molecule has 0 saturated carbocycles. The topological polar surface area (TPSA) is 74.4 Å². The van der Waals surface area contributed by atoms with E-state index < -0.39 is 0 Å². The van der Waals surface area contributed by atoms with E-state index in [4.69, 9.17) is 0 Å². The lowest BCUT2D eigenvalue weighted by Gasteiger charge is -2.18. The van der Waals surface area contributed by atoms with Crippen LogP contribution >= 0.6 is 0 Å². The lowest BCUT2D eigenvalue weighted by atomic mass is 10.3. The second-order valence-electron chi connectivity index (χ2n) is 4.38. The van der Waals surface area contributed by atoms with Crippen molar-refractivity contribution in [2.24, 2.45) is 0 Å². The van der Waals surface area contributed by atoms with Gasteiger partial charge in [-0.15, -0.1) is 0 Å². The maximum atomic E-state index is 11.8. The number of hydrogen-bond acceptors (Lipinski definition) is 4. The summed E-state index contributed by atoms with van der Waals surface area (Å²) in [6.45, 7) is 6.64. The first-order chi connectivity index (χ1) is 9.62. The molecular weight excluding hydrogens is 258 g/mol. The fraction of sp³-hybridized carbons (Fsp3) is 0.571. The van der Waals surface area contributed by atoms with E-state index in [-0.39, 0.29) is 11.9 Å². The molecular formula is C14H23N3O3. The molecule has 1 aromatic heterocycles. The summed E-state index contributed by atoms with van der Waals surface area (Å²) >= 11 is 0. The number of hydrogen-bond donors (Lipinski definition) is 2. The molecule has 0 bridgehead atoms. The Morgan fingerprint density at radius 3 is 2.60 bits per heavy atom. The zero-order valence-corrected chi connectivity index (χ0v) is 12.4. The van der Waals surface area contributed by atoms with Crippen molar-refractivity contribution >= 4 is 11.9 Å². The largest absolute Gasteiger partial charge is 0.464 e. The van der Waals surface area contributed by atoms with Gasteiger partial charge in [-0.05, 0) is 26.0 Å². The number of nitrogens with zero attached hydrogens (tertiary/aromatic N) is 1. The van der Waals surface area contributed by atoms with E-state index in [9.17, 15) is 9.59 Å². The molecule has 0 aliphatic rings. The van der Waals surface area contributed by atoms with E-state index >= 15 is 0 Å². The summed E-state index contributed by atoms with van der Waals surface area (Å²) in [5.41, 5.74) is 1.32. The summed E-state index contributed by atoms with van der Waals surface area (Å²) in [4.78, 5) is 27.8. The van der Waals surface area contributed by atoms with Crippen LogP contribution in [-0.4, -0.2) is 48.5 Å². The quantitative estimate of drug-likeness (QED) is 0.554. The molecule has 1 amide bonds. The number of rotatable bonds is 8. The van der Waals surface area contributed by atoms with Crippen LogP contribution in [0.3, 0.4) is 0 Å². The van der Waals surface area contributed by atoms with Gasteiger partial charge in [0, 0.05) is 38.3 Å². The third kappa shape index (κ3) is 4.70. The molecule has 6 nitrogen and oxygen atoms in total. The van der Waals surface area contributed by atoms with E-state index in [0.717, 1.165) is 18.8 Å². The highest BCUT2D eigenvalue weighted by Gasteiger charge is 2.09. The second kappa shape index (κ2) is 8.37. The van der Waals surface area contributed by atoms with Gasteiger partial charge in [0.05, 0.1) is 7.11 Å². The Balaban J connectivity index is 2.29. The van der Waals surface area contributed by atoms with Crippen molar-refractivity contribution in [3.05, 3.63) is 23.5 Å². The standard InChI is InChI=1S/C14H23N3O3/c1-4-17(5-2)13(18)8-9-15-10-11-6-7-12(16-11)14(19)20-3/h6-7,15-16H,4-5,8-10H2,1-3H3. The minimum absolute atomic E-state index is 0.157. The lowest BCUT2D eigenvalue weighted by Crippen LogP contribution is -2.32. The highest BCUT2D eigenvalue weighted by atomic mass is 16.5. The number of carbonyl (C=O) groups excluding carboxylic acids is 2. The molecule has 6 heteroatoms.